The van der Waals surface area contributed by atoms with Crippen LogP contribution in [0.25, 0.3) is 0 Å². The van der Waals surface area contributed by atoms with Gasteiger partial charge < -0.3 is 15.4 Å². The summed E-state index contributed by atoms with van der Waals surface area (Å²) in [7, 11) is 1.71. The predicted molar refractivity (Wildman–Crippen MR) is 72.6 cm³/mol. The lowest BCUT2D eigenvalue weighted by atomic mass is 10.1. The van der Waals surface area contributed by atoms with Gasteiger partial charge in [0.2, 0.25) is 0 Å². The molecule has 4 nitrogen and oxygen atoms in total. The van der Waals surface area contributed by atoms with E-state index in [1.54, 1.807) is 7.11 Å². The first kappa shape index (κ1) is 13.8. The number of ether oxygens (including phenoxy) is 1. The van der Waals surface area contributed by atoms with E-state index < -0.39 is 0 Å². The molecule has 0 saturated heterocycles. The molecule has 2 N–H and O–H groups in total. The van der Waals surface area contributed by atoms with Crippen LogP contribution in [0.1, 0.15) is 27.7 Å². The fourth-order valence-corrected chi connectivity index (χ4v) is 1.32. The molecule has 0 fully saturated rings. The van der Waals surface area contributed by atoms with Gasteiger partial charge >= 0.3 is 0 Å². The second kappa shape index (κ2) is 5.87. The monoisotopic (exact) mass is 237 g/mol. The summed E-state index contributed by atoms with van der Waals surface area (Å²) in [5.41, 5.74) is 0.0193. The molecule has 0 aliphatic carbocycles. The van der Waals surface area contributed by atoms with E-state index in [-0.39, 0.29) is 11.6 Å². The van der Waals surface area contributed by atoms with Gasteiger partial charge in [-0.25, -0.2) is 4.98 Å². The standard InChI is InChI=1S/C13H23N3O/c1-10(17-5)9-14-11-7-6-8-12(15-11)16-13(2,3)4/h6-8,10H,9H2,1-5H3,(H2,14,15,16). The maximum Gasteiger partial charge on any atom is 0.128 e. The highest BCUT2D eigenvalue weighted by molar-refractivity contribution is 5.46. The number of aromatic nitrogens is 1. The second-order valence-corrected chi connectivity index (χ2v) is 5.21. The van der Waals surface area contributed by atoms with Gasteiger partial charge in [-0.05, 0) is 39.8 Å². The first-order chi connectivity index (χ1) is 7.90. The van der Waals surface area contributed by atoms with E-state index in [0.717, 1.165) is 18.2 Å². The second-order valence-electron chi connectivity index (χ2n) is 5.21. The van der Waals surface area contributed by atoms with Crippen molar-refractivity contribution in [2.24, 2.45) is 0 Å². The highest BCUT2D eigenvalue weighted by Crippen LogP contribution is 2.14. The fraction of sp³-hybridized carbons (Fsp3) is 0.615. The van der Waals surface area contributed by atoms with E-state index in [0.29, 0.717) is 0 Å². The van der Waals surface area contributed by atoms with Gasteiger partial charge in [0.05, 0.1) is 6.10 Å². The maximum atomic E-state index is 5.18. The Bertz CT molecular complexity index is 347. The van der Waals surface area contributed by atoms with Crippen molar-refractivity contribution in [1.29, 1.82) is 0 Å². The average molecular weight is 237 g/mol. The first-order valence-corrected chi connectivity index (χ1v) is 5.92. The van der Waals surface area contributed by atoms with Gasteiger partial charge in [0.1, 0.15) is 11.6 Å². The summed E-state index contributed by atoms with van der Waals surface area (Å²) in [6, 6.07) is 5.91. The lowest BCUT2D eigenvalue weighted by Gasteiger charge is -2.21. The van der Waals surface area contributed by atoms with Crippen molar-refractivity contribution in [2.75, 3.05) is 24.3 Å². The Balaban J connectivity index is 2.60. The van der Waals surface area contributed by atoms with Crippen LogP contribution in [0, 0.1) is 0 Å². The average Bonchev–Trinajstić information content (AvgIpc) is 2.24. The number of hydrogen-bond donors (Lipinski definition) is 2. The fourth-order valence-electron chi connectivity index (χ4n) is 1.32. The van der Waals surface area contributed by atoms with Gasteiger partial charge in [-0.2, -0.15) is 0 Å². The number of pyridine rings is 1. The molecule has 1 unspecified atom stereocenters. The zero-order valence-electron chi connectivity index (χ0n) is 11.4. The molecule has 0 saturated carbocycles. The Morgan fingerprint density at radius 3 is 2.53 bits per heavy atom. The number of methoxy groups -OCH3 is 1. The SMILES string of the molecule is COC(C)CNc1cccc(NC(C)(C)C)n1. The first-order valence-electron chi connectivity index (χ1n) is 5.92. The zero-order valence-corrected chi connectivity index (χ0v) is 11.4. The lowest BCUT2D eigenvalue weighted by Crippen LogP contribution is -2.27. The van der Waals surface area contributed by atoms with Gasteiger partial charge in [0, 0.05) is 19.2 Å². The highest BCUT2D eigenvalue weighted by atomic mass is 16.5. The zero-order chi connectivity index (χ0) is 12.9. The molecule has 0 radical (unpaired) electrons. The molecule has 1 aromatic rings. The number of nitrogens with zero attached hydrogens (tertiary/aromatic N) is 1. The minimum absolute atomic E-state index is 0.0193. The molecular weight excluding hydrogens is 214 g/mol. The summed E-state index contributed by atoms with van der Waals surface area (Å²) < 4.78 is 5.18. The largest absolute Gasteiger partial charge is 0.380 e. The van der Waals surface area contributed by atoms with Crippen molar-refractivity contribution >= 4 is 11.6 Å². The van der Waals surface area contributed by atoms with E-state index in [9.17, 15) is 0 Å². The molecule has 1 aromatic heterocycles. The van der Waals surface area contributed by atoms with Crippen molar-refractivity contribution in [1.82, 2.24) is 4.98 Å². The van der Waals surface area contributed by atoms with Crippen molar-refractivity contribution in [3.8, 4) is 0 Å². The molecule has 0 aliphatic heterocycles. The van der Waals surface area contributed by atoms with Crippen LogP contribution in [0.2, 0.25) is 0 Å². The molecule has 1 rings (SSSR count). The van der Waals surface area contributed by atoms with E-state index in [4.69, 9.17) is 4.74 Å². The Morgan fingerprint density at radius 1 is 1.29 bits per heavy atom. The van der Waals surface area contributed by atoms with Gasteiger partial charge in [-0.15, -0.1) is 0 Å². The van der Waals surface area contributed by atoms with Gasteiger partial charge in [-0.1, -0.05) is 6.07 Å². The van der Waals surface area contributed by atoms with E-state index >= 15 is 0 Å². The van der Waals surface area contributed by atoms with Crippen LogP contribution in [0.15, 0.2) is 18.2 Å². The maximum absolute atomic E-state index is 5.18. The van der Waals surface area contributed by atoms with E-state index in [1.165, 1.54) is 0 Å². The van der Waals surface area contributed by atoms with Crippen LogP contribution in [0.5, 0.6) is 0 Å². The summed E-state index contributed by atoms with van der Waals surface area (Å²) in [4.78, 5) is 4.49. The number of nitrogens with one attached hydrogen (secondary N) is 2. The minimum atomic E-state index is 0.0193. The molecule has 17 heavy (non-hydrogen) atoms. The summed E-state index contributed by atoms with van der Waals surface area (Å²) in [6.07, 6.45) is 0.177. The molecule has 1 heterocycles. The van der Waals surface area contributed by atoms with Crippen LogP contribution >= 0.6 is 0 Å². The molecule has 0 aromatic carbocycles. The molecular formula is C13H23N3O. The van der Waals surface area contributed by atoms with Gasteiger partial charge in [0.15, 0.2) is 0 Å². The highest BCUT2D eigenvalue weighted by Gasteiger charge is 2.10. The Morgan fingerprint density at radius 2 is 1.94 bits per heavy atom. The van der Waals surface area contributed by atoms with Crippen molar-refractivity contribution in [3.05, 3.63) is 18.2 Å². The number of anilines is 2. The molecule has 0 spiro atoms. The van der Waals surface area contributed by atoms with Crippen molar-refractivity contribution in [2.45, 2.75) is 39.3 Å². The Labute approximate surface area is 104 Å². The van der Waals surface area contributed by atoms with Gasteiger partial charge in [-0.3, -0.25) is 0 Å². The van der Waals surface area contributed by atoms with Crippen LogP contribution in [0.3, 0.4) is 0 Å². The number of hydrogen-bond acceptors (Lipinski definition) is 4. The van der Waals surface area contributed by atoms with Crippen LogP contribution in [-0.2, 0) is 4.74 Å². The molecule has 4 heteroatoms. The Kier molecular flexibility index (Phi) is 4.75. The quantitative estimate of drug-likeness (QED) is 0.826. The molecule has 0 aliphatic rings. The third-order valence-corrected chi connectivity index (χ3v) is 2.23. The van der Waals surface area contributed by atoms with Gasteiger partial charge in [0.25, 0.3) is 0 Å². The van der Waals surface area contributed by atoms with Crippen molar-refractivity contribution < 1.29 is 4.74 Å². The summed E-state index contributed by atoms with van der Waals surface area (Å²) in [6.45, 7) is 9.11. The molecule has 96 valence electrons. The van der Waals surface area contributed by atoms with Crippen LogP contribution in [0.4, 0.5) is 11.6 Å². The third kappa shape index (κ3) is 5.54. The summed E-state index contributed by atoms with van der Waals surface area (Å²) in [5, 5.41) is 6.59. The third-order valence-electron chi connectivity index (χ3n) is 2.23. The minimum Gasteiger partial charge on any atom is -0.380 e. The van der Waals surface area contributed by atoms with Crippen LogP contribution < -0.4 is 10.6 Å². The van der Waals surface area contributed by atoms with Crippen LogP contribution in [-0.4, -0.2) is 30.3 Å². The summed E-state index contributed by atoms with van der Waals surface area (Å²) >= 11 is 0. The summed E-state index contributed by atoms with van der Waals surface area (Å²) in [5.74, 6) is 1.75. The molecule has 0 bridgehead atoms. The van der Waals surface area contributed by atoms with Crippen molar-refractivity contribution in [3.63, 3.8) is 0 Å². The lowest BCUT2D eigenvalue weighted by molar-refractivity contribution is 0.128. The number of rotatable bonds is 5. The molecule has 1 atom stereocenters. The molecule has 0 amide bonds. The Hall–Kier alpha value is -1.29. The smallest absolute Gasteiger partial charge is 0.128 e. The predicted octanol–water partition coefficient (Wildman–Crippen LogP) is 2.74. The topological polar surface area (TPSA) is 46.2 Å². The van der Waals surface area contributed by atoms with E-state index in [1.807, 2.05) is 25.1 Å². The normalized spacial score (nSPS) is 13.2. The van der Waals surface area contributed by atoms with E-state index in [2.05, 4.69) is 36.4 Å².